The molecule has 2 aliphatic heterocycles. The Hall–Kier alpha value is -2.70. The first-order valence-corrected chi connectivity index (χ1v) is 7.61. The highest BCUT2D eigenvalue weighted by atomic mass is 16.5. The second kappa shape index (κ2) is 5.15. The molecule has 2 heterocycles. The molecule has 2 atom stereocenters. The number of hydrogen-bond donors (Lipinski definition) is 1. The molecule has 126 valence electrons. The van der Waals surface area contributed by atoms with Gasteiger partial charge in [-0.25, -0.2) is 9.69 Å². The number of nitrogens with one attached hydrogen (secondary N) is 1. The number of aryl methyl sites for hydroxylation is 3. The molecule has 0 saturated carbocycles. The standard InChI is InChI=1S/C17H19N3O4/c1-8-6-9(2)13(10(3)7-8)20-14(21)11-12(15(22)24-5)18-19-17(11,4)16(20)23/h6-7,11,19H,1-5H3/t11-,17-/m1/s1. The van der Waals surface area contributed by atoms with Gasteiger partial charge in [0.2, 0.25) is 5.91 Å². The highest BCUT2D eigenvalue weighted by molar-refractivity contribution is 6.47. The number of fused-ring (bicyclic) bond motifs is 1. The minimum atomic E-state index is -1.27. The maximum Gasteiger partial charge on any atom is 0.355 e. The minimum Gasteiger partial charge on any atom is -0.464 e. The summed E-state index contributed by atoms with van der Waals surface area (Å²) in [5.41, 5.74) is 4.60. The van der Waals surface area contributed by atoms with Gasteiger partial charge < -0.3 is 4.74 Å². The Bertz CT molecular complexity index is 791. The normalized spacial score (nSPS) is 25.5. The second-order valence-corrected chi connectivity index (χ2v) is 6.46. The first-order valence-electron chi connectivity index (χ1n) is 7.61. The molecule has 0 bridgehead atoms. The number of rotatable bonds is 2. The van der Waals surface area contributed by atoms with Gasteiger partial charge in [-0.05, 0) is 38.8 Å². The van der Waals surface area contributed by atoms with Crippen LogP contribution in [0, 0.1) is 26.7 Å². The van der Waals surface area contributed by atoms with E-state index >= 15 is 0 Å². The van der Waals surface area contributed by atoms with E-state index in [1.165, 1.54) is 12.0 Å². The van der Waals surface area contributed by atoms with Gasteiger partial charge in [0.25, 0.3) is 5.91 Å². The van der Waals surface area contributed by atoms with Gasteiger partial charge in [-0.2, -0.15) is 5.10 Å². The first kappa shape index (κ1) is 16.2. The molecule has 3 rings (SSSR count). The monoisotopic (exact) mass is 329 g/mol. The van der Waals surface area contributed by atoms with Crippen LogP contribution in [0.1, 0.15) is 23.6 Å². The molecule has 7 nitrogen and oxygen atoms in total. The van der Waals surface area contributed by atoms with Crippen molar-refractivity contribution in [3.8, 4) is 0 Å². The quantitative estimate of drug-likeness (QED) is 0.646. The van der Waals surface area contributed by atoms with Crippen LogP contribution in [0.4, 0.5) is 5.69 Å². The number of hydrazone groups is 1. The van der Waals surface area contributed by atoms with Crippen molar-refractivity contribution < 1.29 is 19.1 Å². The van der Waals surface area contributed by atoms with E-state index in [0.29, 0.717) is 5.69 Å². The molecule has 0 unspecified atom stereocenters. The minimum absolute atomic E-state index is 0.0664. The lowest BCUT2D eigenvalue weighted by Crippen LogP contribution is -2.48. The fraction of sp³-hybridized carbons (Fsp3) is 0.412. The summed E-state index contributed by atoms with van der Waals surface area (Å²) in [5.74, 6) is -2.59. The average Bonchev–Trinajstić information content (AvgIpc) is 2.95. The molecule has 7 heteroatoms. The van der Waals surface area contributed by atoms with E-state index in [1.807, 2.05) is 32.9 Å². The number of nitrogens with zero attached hydrogens (tertiary/aromatic N) is 2. The van der Waals surface area contributed by atoms with Crippen LogP contribution in [-0.2, 0) is 19.1 Å². The third-order valence-electron chi connectivity index (χ3n) is 4.63. The summed E-state index contributed by atoms with van der Waals surface area (Å²) >= 11 is 0. The average molecular weight is 329 g/mol. The number of benzene rings is 1. The van der Waals surface area contributed by atoms with Crippen molar-refractivity contribution >= 4 is 29.2 Å². The van der Waals surface area contributed by atoms with E-state index in [1.54, 1.807) is 6.92 Å². The van der Waals surface area contributed by atoms with Crippen LogP contribution in [0.15, 0.2) is 17.2 Å². The molecule has 1 aromatic carbocycles. The van der Waals surface area contributed by atoms with Crippen LogP contribution >= 0.6 is 0 Å². The van der Waals surface area contributed by atoms with E-state index in [2.05, 4.69) is 15.3 Å². The van der Waals surface area contributed by atoms with Gasteiger partial charge in [0.1, 0.15) is 11.5 Å². The Labute approximate surface area is 139 Å². The summed E-state index contributed by atoms with van der Waals surface area (Å²) in [6, 6.07) is 3.84. The predicted molar refractivity (Wildman–Crippen MR) is 87.6 cm³/mol. The largest absolute Gasteiger partial charge is 0.464 e. The number of ether oxygens (including phenoxy) is 1. The van der Waals surface area contributed by atoms with Crippen LogP contribution in [0.5, 0.6) is 0 Å². The third-order valence-corrected chi connectivity index (χ3v) is 4.63. The van der Waals surface area contributed by atoms with Gasteiger partial charge in [-0.15, -0.1) is 0 Å². The first-order chi connectivity index (χ1) is 11.2. The maximum absolute atomic E-state index is 13.0. The van der Waals surface area contributed by atoms with Crippen LogP contribution in [0.2, 0.25) is 0 Å². The molecule has 0 radical (unpaired) electrons. The molecule has 0 spiro atoms. The van der Waals surface area contributed by atoms with E-state index in [4.69, 9.17) is 0 Å². The van der Waals surface area contributed by atoms with Gasteiger partial charge in [0, 0.05) is 0 Å². The summed E-state index contributed by atoms with van der Waals surface area (Å²) < 4.78 is 4.68. The zero-order valence-corrected chi connectivity index (χ0v) is 14.3. The Morgan fingerprint density at radius 1 is 1.25 bits per heavy atom. The zero-order chi connectivity index (χ0) is 17.8. The molecular weight excluding hydrogens is 310 g/mol. The number of esters is 1. The van der Waals surface area contributed by atoms with Crippen LogP contribution in [0.3, 0.4) is 0 Å². The fourth-order valence-electron chi connectivity index (χ4n) is 3.58. The number of anilines is 1. The lowest BCUT2D eigenvalue weighted by molar-refractivity contribution is -0.133. The Morgan fingerprint density at radius 3 is 2.38 bits per heavy atom. The van der Waals surface area contributed by atoms with Crippen molar-refractivity contribution in [2.24, 2.45) is 11.0 Å². The van der Waals surface area contributed by atoms with Crippen molar-refractivity contribution in [2.75, 3.05) is 12.0 Å². The lowest BCUT2D eigenvalue weighted by Gasteiger charge is -2.23. The van der Waals surface area contributed by atoms with Gasteiger partial charge >= 0.3 is 5.97 Å². The molecular formula is C17H19N3O4. The second-order valence-electron chi connectivity index (χ2n) is 6.46. The van der Waals surface area contributed by atoms with E-state index < -0.39 is 29.2 Å². The van der Waals surface area contributed by atoms with Crippen molar-refractivity contribution in [1.29, 1.82) is 0 Å². The van der Waals surface area contributed by atoms with Gasteiger partial charge in [0.05, 0.1) is 12.8 Å². The van der Waals surface area contributed by atoms with Crippen molar-refractivity contribution in [1.82, 2.24) is 5.43 Å². The smallest absolute Gasteiger partial charge is 0.355 e. The van der Waals surface area contributed by atoms with Crippen molar-refractivity contribution in [2.45, 2.75) is 33.2 Å². The number of hydrogen-bond acceptors (Lipinski definition) is 6. The van der Waals surface area contributed by atoms with E-state index in [0.717, 1.165) is 16.7 Å². The maximum atomic E-state index is 13.0. The number of carbonyl (C=O) groups is 3. The molecule has 1 N–H and O–H groups in total. The van der Waals surface area contributed by atoms with Crippen LogP contribution < -0.4 is 10.3 Å². The van der Waals surface area contributed by atoms with Crippen LogP contribution in [-0.4, -0.2) is 36.1 Å². The SMILES string of the molecule is COC(=O)C1=NN[C@@]2(C)C(=O)N(c3c(C)cc(C)cc3C)C(=O)[C@@H]12. The fourth-order valence-corrected chi connectivity index (χ4v) is 3.58. The Kier molecular flexibility index (Phi) is 3.47. The van der Waals surface area contributed by atoms with Gasteiger partial charge in [-0.3, -0.25) is 15.0 Å². The Balaban J connectivity index is 2.12. The van der Waals surface area contributed by atoms with E-state index in [9.17, 15) is 14.4 Å². The molecule has 2 aliphatic rings. The Morgan fingerprint density at radius 2 is 1.83 bits per heavy atom. The van der Waals surface area contributed by atoms with Crippen molar-refractivity contribution in [3.63, 3.8) is 0 Å². The molecule has 0 aromatic heterocycles. The summed E-state index contributed by atoms with van der Waals surface area (Å²) in [6.45, 7) is 7.25. The number of carbonyl (C=O) groups excluding carboxylic acids is 3. The molecule has 24 heavy (non-hydrogen) atoms. The molecule has 1 fully saturated rings. The van der Waals surface area contributed by atoms with Gasteiger partial charge in [-0.1, -0.05) is 17.7 Å². The summed E-state index contributed by atoms with van der Waals surface area (Å²) in [4.78, 5) is 39.0. The van der Waals surface area contributed by atoms with Crippen molar-refractivity contribution in [3.05, 3.63) is 28.8 Å². The predicted octanol–water partition coefficient (Wildman–Crippen LogP) is 0.992. The highest BCUT2D eigenvalue weighted by Crippen LogP contribution is 2.40. The third kappa shape index (κ3) is 1.97. The topological polar surface area (TPSA) is 88.1 Å². The van der Waals surface area contributed by atoms with E-state index in [-0.39, 0.29) is 5.71 Å². The highest BCUT2D eigenvalue weighted by Gasteiger charge is 2.64. The molecule has 0 aliphatic carbocycles. The number of imide groups is 1. The molecule has 1 aromatic rings. The summed E-state index contributed by atoms with van der Waals surface area (Å²) in [6.07, 6.45) is 0. The number of methoxy groups -OCH3 is 1. The summed E-state index contributed by atoms with van der Waals surface area (Å²) in [5, 5.41) is 3.87. The van der Waals surface area contributed by atoms with Crippen LogP contribution in [0.25, 0.3) is 0 Å². The number of amides is 2. The summed E-state index contributed by atoms with van der Waals surface area (Å²) in [7, 11) is 1.22. The van der Waals surface area contributed by atoms with Gasteiger partial charge in [0.15, 0.2) is 5.71 Å². The molecule has 1 saturated heterocycles. The zero-order valence-electron chi connectivity index (χ0n) is 14.3. The lowest BCUT2D eigenvalue weighted by atomic mass is 9.86. The molecule has 2 amide bonds.